The molecule has 0 aromatic carbocycles. The zero-order valence-corrected chi connectivity index (χ0v) is 14.7. The lowest BCUT2D eigenvalue weighted by molar-refractivity contribution is -0.124. The minimum Gasteiger partial charge on any atom is -0.444 e. The Morgan fingerprint density at radius 3 is 2.30 bits per heavy atom. The van der Waals surface area contributed by atoms with Gasteiger partial charge in [0.2, 0.25) is 5.91 Å². The van der Waals surface area contributed by atoms with Crippen LogP contribution in [0.15, 0.2) is 0 Å². The van der Waals surface area contributed by atoms with Crippen LogP contribution in [0.25, 0.3) is 0 Å². The highest BCUT2D eigenvalue weighted by Gasteiger charge is 2.31. The van der Waals surface area contributed by atoms with Crippen molar-refractivity contribution in [2.45, 2.75) is 64.5 Å². The molecule has 23 heavy (non-hydrogen) atoms. The quantitative estimate of drug-likeness (QED) is 0.861. The maximum Gasteiger partial charge on any atom is 0.410 e. The van der Waals surface area contributed by atoms with Crippen LogP contribution in [0.3, 0.4) is 0 Å². The van der Waals surface area contributed by atoms with Crippen molar-refractivity contribution in [1.29, 1.82) is 0 Å². The standard InChI is InChI=1S/C17H31N3O3/c1-17(2,3)23-16(22)19-10-7-13(8-11-19)12-20-9-5-4-6-14(20)15(18)21/h13-14H,4-12H2,1-3H3,(H2,18,21)/t14-/m1/s1. The Labute approximate surface area is 139 Å². The molecule has 2 aliphatic heterocycles. The first kappa shape index (κ1) is 18.0. The van der Waals surface area contributed by atoms with Crippen LogP contribution in [0.5, 0.6) is 0 Å². The summed E-state index contributed by atoms with van der Waals surface area (Å²) in [5, 5.41) is 0. The van der Waals surface area contributed by atoms with E-state index in [0.29, 0.717) is 5.92 Å². The van der Waals surface area contributed by atoms with E-state index in [0.717, 1.165) is 58.3 Å². The lowest BCUT2D eigenvalue weighted by Crippen LogP contribution is -2.50. The minimum atomic E-state index is -0.448. The summed E-state index contributed by atoms with van der Waals surface area (Å²) in [7, 11) is 0. The summed E-state index contributed by atoms with van der Waals surface area (Å²) in [6.45, 7) is 8.99. The minimum absolute atomic E-state index is 0.104. The van der Waals surface area contributed by atoms with Gasteiger partial charge in [-0.1, -0.05) is 6.42 Å². The molecule has 0 aromatic rings. The molecule has 6 nitrogen and oxygen atoms in total. The van der Waals surface area contributed by atoms with Crippen LogP contribution >= 0.6 is 0 Å². The van der Waals surface area contributed by atoms with Crippen molar-refractivity contribution in [2.24, 2.45) is 11.7 Å². The Morgan fingerprint density at radius 2 is 1.74 bits per heavy atom. The van der Waals surface area contributed by atoms with Gasteiger partial charge in [-0.15, -0.1) is 0 Å². The second kappa shape index (κ2) is 7.51. The molecule has 2 N–H and O–H groups in total. The first-order valence-corrected chi connectivity index (χ1v) is 8.77. The number of piperidine rings is 2. The highest BCUT2D eigenvalue weighted by molar-refractivity contribution is 5.79. The zero-order chi connectivity index (χ0) is 17.0. The number of ether oxygens (including phenoxy) is 1. The van der Waals surface area contributed by atoms with E-state index in [2.05, 4.69) is 4.90 Å². The van der Waals surface area contributed by atoms with Gasteiger partial charge in [0.25, 0.3) is 0 Å². The number of primary amides is 1. The third kappa shape index (κ3) is 5.37. The maximum atomic E-state index is 12.1. The van der Waals surface area contributed by atoms with E-state index in [9.17, 15) is 9.59 Å². The van der Waals surface area contributed by atoms with Crippen LogP contribution in [0.4, 0.5) is 4.79 Å². The summed E-state index contributed by atoms with van der Waals surface area (Å²) in [4.78, 5) is 27.7. The molecule has 2 aliphatic rings. The van der Waals surface area contributed by atoms with E-state index in [4.69, 9.17) is 10.5 Å². The van der Waals surface area contributed by atoms with E-state index in [1.54, 1.807) is 4.90 Å². The number of nitrogens with zero attached hydrogens (tertiary/aromatic N) is 2. The van der Waals surface area contributed by atoms with Gasteiger partial charge in [-0.25, -0.2) is 4.79 Å². The molecule has 2 fully saturated rings. The maximum absolute atomic E-state index is 12.1. The number of nitrogens with two attached hydrogens (primary N) is 1. The summed E-state index contributed by atoms with van der Waals surface area (Å²) in [6, 6.07) is -0.104. The zero-order valence-electron chi connectivity index (χ0n) is 14.7. The van der Waals surface area contributed by atoms with Crippen molar-refractivity contribution >= 4 is 12.0 Å². The Morgan fingerprint density at radius 1 is 1.09 bits per heavy atom. The number of carbonyl (C=O) groups excluding carboxylic acids is 2. The number of rotatable bonds is 3. The van der Waals surface area contributed by atoms with E-state index >= 15 is 0 Å². The van der Waals surface area contributed by atoms with Gasteiger partial charge in [0, 0.05) is 19.6 Å². The lowest BCUT2D eigenvalue weighted by atomic mass is 9.93. The molecule has 0 bridgehead atoms. The van der Waals surface area contributed by atoms with Gasteiger partial charge in [-0.2, -0.15) is 0 Å². The number of hydrogen-bond acceptors (Lipinski definition) is 4. The highest BCUT2D eigenvalue weighted by atomic mass is 16.6. The molecule has 0 spiro atoms. The van der Waals surface area contributed by atoms with Gasteiger partial charge in [-0.05, 0) is 58.9 Å². The van der Waals surface area contributed by atoms with Crippen LogP contribution in [0.2, 0.25) is 0 Å². The van der Waals surface area contributed by atoms with Crippen LogP contribution in [-0.2, 0) is 9.53 Å². The molecule has 2 saturated heterocycles. The van der Waals surface area contributed by atoms with E-state index < -0.39 is 5.60 Å². The SMILES string of the molecule is CC(C)(C)OC(=O)N1CCC(CN2CCCC[C@@H]2C(N)=O)CC1. The fourth-order valence-corrected chi connectivity index (χ4v) is 3.49. The largest absolute Gasteiger partial charge is 0.444 e. The second-order valence-corrected chi connectivity index (χ2v) is 7.82. The van der Waals surface area contributed by atoms with Gasteiger partial charge < -0.3 is 15.4 Å². The molecule has 132 valence electrons. The lowest BCUT2D eigenvalue weighted by Gasteiger charge is -2.39. The van der Waals surface area contributed by atoms with E-state index in [1.165, 1.54) is 0 Å². The summed E-state index contributed by atoms with van der Waals surface area (Å²) >= 11 is 0. The van der Waals surface area contributed by atoms with Crippen molar-refractivity contribution in [3.8, 4) is 0 Å². The average molecular weight is 325 g/mol. The van der Waals surface area contributed by atoms with Crippen LogP contribution < -0.4 is 5.73 Å². The summed E-state index contributed by atoms with van der Waals surface area (Å²) < 4.78 is 5.43. The monoisotopic (exact) mass is 325 g/mol. The molecule has 0 unspecified atom stereocenters. The average Bonchev–Trinajstić information content (AvgIpc) is 2.46. The van der Waals surface area contributed by atoms with Crippen LogP contribution in [0.1, 0.15) is 52.9 Å². The van der Waals surface area contributed by atoms with Gasteiger partial charge in [0.05, 0.1) is 6.04 Å². The van der Waals surface area contributed by atoms with Crippen molar-refractivity contribution in [3.05, 3.63) is 0 Å². The summed E-state index contributed by atoms with van der Waals surface area (Å²) in [5.41, 5.74) is 5.09. The van der Waals surface area contributed by atoms with Gasteiger partial charge in [0.15, 0.2) is 0 Å². The molecular weight excluding hydrogens is 294 g/mol. The first-order chi connectivity index (χ1) is 10.8. The fraction of sp³-hybridized carbons (Fsp3) is 0.882. The van der Waals surface area contributed by atoms with Crippen molar-refractivity contribution < 1.29 is 14.3 Å². The van der Waals surface area contributed by atoms with Crippen LogP contribution in [0, 0.1) is 5.92 Å². The van der Waals surface area contributed by atoms with Crippen molar-refractivity contribution in [1.82, 2.24) is 9.80 Å². The topological polar surface area (TPSA) is 75.9 Å². The molecular formula is C17H31N3O3. The highest BCUT2D eigenvalue weighted by Crippen LogP contribution is 2.24. The number of carbonyl (C=O) groups is 2. The van der Waals surface area contributed by atoms with Crippen molar-refractivity contribution in [3.63, 3.8) is 0 Å². The molecule has 0 saturated carbocycles. The normalized spacial score (nSPS) is 24.5. The summed E-state index contributed by atoms with van der Waals surface area (Å²) in [5.74, 6) is 0.324. The summed E-state index contributed by atoms with van der Waals surface area (Å²) in [6.07, 6.45) is 4.81. The fourth-order valence-electron chi connectivity index (χ4n) is 3.49. The van der Waals surface area contributed by atoms with Gasteiger partial charge >= 0.3 is 6.09 Å². The molecule has 2 heterocycles. The smallest absolute Gasteiger partial charge is 0.410 e. The number of amides is 2. The molecule has 2 amide bonds. The molecule has 6 heteroatoms. The molecule has 0 aliphatic carbocycles. The molecule has 1 atom stereocenters. The Balaban J connectivity index is 1.80. The van der Waals surface area contributed by atoms with Crippen molar-refractivity contribution in [2.75, 3.05) is 26.2 Å². The molecule has 2 rings (SSSR count). The second-order valence-electron chi connectivity index (χ2n) is 7.82. The predicted molar refractivity (Wildman–Crippen MR) is 88.9 cm³/mol. The first-order valence-electron chi connectivity index (χ1n) is 8.77. The van der Waals surface area contributed by atoms with E-state index in [-0.39, 0.29) is 18.0 Å². The predicted octanol–water partition coefficient (Wildman–Crippen LogP) is 1.97. The third-order valence-electron chi connectivity index (χ3n) is 4.70. The number of hydrogen-bond donors (Lipinski definition) is 1. The Hall–Kier alpha value is -1.30. The van der Waals surface area contributed by atoms with Gasteiger partial charge in [0.1, 0.15) is 5.60 Å². The molecule has 0 aromatic heterocycles. The third-order valence-corrected chi connectivity index (χ3v) is 4.70. The number of likely N-dealkylation sites (tertiary alicyclic amines) is 2. The van der Waals surface area contributed by atoms with E-state index in [1.807, 2.05) is 20.8 Å². The molecule has 0 radical (unpaired) electrons. The Kier molecular flexibility index (Phi) is 5.89. The Bertz CT molecular complexity index is 425. The van der Waals surface area contributed by atoms with Gasteiger partial charge in [-0.3, -0.25) is 9.69 Å². The van der Waals surface area contributed by atoms with Crippen LogP contribution in [-0.4, -0.2) is 59.6 Å².